The number of rotatable bonds is 5. The number of hydrogen-bond donors (Lipinski definition) is 1. The zero-order valence-electron chi connectivity index (χ0n) is 11.7. The Bertz CT molecular complexity index is 558. The van der Waals surface area contributed by atoms with Crippen molar-refractivity contribution in [3.63, 3.8) is 0 Å². The van der Waals surface area contributed by atoms with Crippen LogP contribution < -0.4 is 10.5 Å². The van der Waals surface area contributed by atoms with E-state index in [4.69, 9.17) is 10.5 Å². The van der Waals surface area contributed by atoms with Crippen LogP contribution in [0.1, 0.15) is 23.6 Å². The van der Waals surface area contributed by atoms with E-state index in [9.17, 15) is 13.2 Å². The van der Waals surface area contributed by atoms with Crippen molar-refractivity contribution in [3.8, 4) is 5.75 Å². The first-order valence-corrected chi connectivity index (χ1v) is 6.53. The van der Waals surface area contributed by atoms with Crippen LogP contribution in [0.2, 0.25) is 0 Å². The summed E-state index contributed by atoms with van der Waals surface area (Å²) in [5.41, 5.74) is 7.00. The smallest absolute Gasteiger partial charge is 0.390 e. The van der Waals surface area contributed by atoms with Crippen molar-refractivity contribution in [2.24, 2.45) is 5.73 Å². The Morgan fingerprint density at radius 1 is 0.955 bits per heavy atom. The van der Waals surface area contributed by atoms with E-state index in [-0.39, 0.29) is 12.4 Å². The van der Waals surface area contributed by atoms with Crippen LogP contribution in [0.4, 0.5) is 13.2 Å². The molecule has 0 aliphatic heterocycles. The molecule has 0 saturated carbocycles. The van der Waals surface area contributed by atoms with Gasteiger partial charge in [0.15, 0.2) is 0 Å². The van der Waals surface area contributed by atoms with Gasteiger partial charge in [-0.15, -0.1) is 12.4 Å². The minimum Gasteiger partial charge on any atom is -0.489 e. The van der Waals surface area contributed by atoms with Crippen LogP contribution in [0.5, 0.6) is 5.75 Å². The molecule has 0 aromatic heterocycles. The van der Waals surface area contributed by atoms with Crippen LogP contribution in [0, 0.1) is 0 Å². The first-order valence-electron chi connectivity index (χ1n) is 6.53. The number of alkyl halides is 3. The van der Waals surface area contributed by atoms with Gasteiger partial charge >= 0.3 is 6.18 Å². The van der Waals surface area contributed by atoms with E-state index in [0.29, 0.717) is 17.9 Å². The molecule has 2 rings (SSSR count). The molecule has 2 N–H and O–H groups in total. The van der Waals surface area contributed by atoms with Gasteiger partial charge in [0.05, 0.1) is 6.42 Å². The summed E-state index contributed by atoms with van der Waals surface area (Å²) < 4.78 is 42.4. The normalized spacial score (nSPS) is 12.4. The molecule has 2 aromatic carbocycles. The summed E-state index contributed by atoms with van der Waals surface area (Å²) in [5, 5.41) is 0. The fraction of sp³-hybridized carbons (Fsp3) is 0.250. The molecule has 0 unspecified atom stereocenters. The van der Waals surface area contributed by atoms with E-state index in [2.05, 4.69) is 0 Å². The lowest BCUT2D eigenvalue weighted by Gasteiger charge is -2.15. The molecule has 0 aliphatic carbocycles. The van der Waals surface area contributed by atoms with Crippen LogP contribution in [-0.2, 0) is 6.61 Å². The predicted octanol–water partition coefficient (Wildman–Crippen LogP) is 4.64. The second-order valence-electron chi connectivity index (χ2n) is 4.77. The lowest BCUT2D eigenvalue weighted by molar-refractivity contribution is -0.138. The molecule has 1 atom stereocenters. The minimum absolute atomic E-state index is 0. The van der Waals surface area contributed by atoms with Crippen molar-refractivity contribution in [2.45, 2.75) is 25.2 Å². The summed E-state index contributed by atoms with van der Waals surface area (Å²) in [7, 11) is 0. The maximum Gasteiger partial charge on any atom is 0.390 e. The van der Waals surface area contributed by atoms with Gasteiger partial charge in [-0.25, -0.2) is 0 Å². The average Bonchev–Trinajstić information content (AvgIpc) is 2.45. The summed E-state index contributed by atoms with van der Waals surface area (Å²) in [4.78, 5) is 0. The fourth-order valence-electron chi connectivity index (χ4n) is 1.92. The summed E-state index contributed by atoms with van der Waals surface area (Å²) in [5.74, 6) is 0.599. The summed E-state index contributed by atoms with van der Waals surface area (Å²) in [6, 6.07) is 15.0. The van der Waals surface area contributed by atoms with E-state index in [1.54, 1.807) is 24.3 Å². The zero-order valence-corrected chi connectivity index (χ0v) is 12.5. The maximum atomic E-state index is 12.3. The quantitative estimate of drug-likeness (QED) is 0.866. The van der Waals surface area contributed by atoms with Crippen molar-refractivity contribution >= 4 is 12.4 Å². The third-order valence-electron chi connectivity index (χ3n) is 3.01. The van der Waals surface area contributed by atoms with Gasteiger partial charge in [-0.2, -0.15) is 13.2 Å². The van der Waals surface area contributed by atoms with Crippen LogP contribution in [-0.4, -0.2) is 6.18 Å². The Morgan fingerprint density at radius 3 is 2.09 bits per heavy atom. The van der Waals surface area contributed by atoms with Crippen molar-refractivity contribution < 1.29 is 17.9 Å². The topological polar surface area (TPSA) is 35.2 Å². The van der Waals surface area contributed by atoms with E-state index in [1.165, 1.54) is 0 Å². The lowest BCUT2D eigenvalue weighted by atomic mass is 10.0. The highest BCUT2D eigenvalue weighted by Gasteiger charge is 2.30. The summed E-state index contributed by atoms with van der Waals surface area (Å²) in [6.07, 6.45) is -5.29. The predicted molar refractivity (Wildman–Crippen MR) is 82.1 cm³/mol. The summed E-state index contributed by atoms with van der Waals surface area (Å²) >= 11 is 0. The van der Waals surface area contributed by atoms with Crippen molar-refractivity contribution in [1.82, 2.24) is 0 Å². The second-order valence-corrected chi connectivity index (χ2v) is 4.77. The van der Waals surface area contributed by atoms with Crippen LogP contribution in [0.3, 0.4) is 0 Å². The Morgan fingerprint density at radius 2 is 1.55 bits per heavy atom. The van der Waals surface area contributed by atoms with E-state index in [0.717, 1.165) is 5.56 Å². The van der Waals surface area contributed by atoms with Gasteiger partial charge in [0, 0.05) is 6.04 Å². The highest BCUT2D eigenvalue weighted by Crippen LogP contribution is 2.28. The second kappa shape index (κ2) is 8.06. The molecule has 0 spiro atoms. The summed E-state index contributed by atoms with van der Waals surface area (Å²) in [6.45, 7) is 0.411. The first-order chi connectivity index (χ1) is 9.94. The maximum absolute atomic E-state index is 12.3. The van der Waals surface area contributed by atoms with Crippen LogP contribution in [0.25, 0.3) is 0 Å². The molecule has 0 heterocycles. The van der Waals surface area contributed by atoms with Crippen molar-refractivity contribution in [3.05, 3.63) is 65.7 Å². The highest BCUT2D eigenvalue weighted by molar-refractivity contribution is 5.85. The Balaban J connectivity index is 0.00000242. The van der Waals surface area contributed by atoms with Gasteiger partial charge in [0.2, 0.25) is 0 Å². The minimum atomic E-state index is -4.26. The van der Waals surface area contributed by atoms with Crippen molar-refractivity contribution in [1.29, 1.82) is 0 Å². The van der Waals surface area contributed by atoms with Gasteiger partial charge in [0.1, 0.15) is 12.4 Å². The molecule has 2 aromatic rings. The van der Waals surface area contributed by atoms with E-state index in [1.807, 2.05) is 30.3 Å². The van der Waals surface area contributed by atoms with E-state index < -0.39 is 18.6 Å². The standard InChI is InChI=1S/C16H16F3NO.ClH/c17-16(18,19)10-15(20)13-6-8-14(9-7-13)21-11-12-4-2-1-3-5-12;/h1-9,15H,10-11,20H2;1H/t15-;/m1./s1. The molecule has 22 heavy (non-hydrogen) atoms. The molecule has 0 saturated heterocycles. The van der Waals surface area contributed by atoms with Crippen LogP contribution in [0.15, 0.2) is 54.6 Å². The van der Waals surface area contributed by atoms with Gasteiger partial charge in [0.25, 0.3) is 0 Å². The molecule has 6 heteroatoms. The third-order valence-corrected chi connectivity index (χ3v) is 3.01. The Kier molecular flexibility index (Phi) is 6.71. The van der Waals surface area contributed by atoms with E-state index >= 15 is 0 Å². The molecule has 2 nitrogen and oxygen atoms in total. The number of halogens is 4. The van der Waals surface area contributed by atoms with Gasteiger partial charge in [-0.3, -0.25) is 0 Å². The van der Waals surface area contributed by atoms with Crippen LogP contribution >= 0.6 is 12.4 Å². The number of benzene rings is 2. The molecular weight excluding hydrogens is 315 g/mol. The monoisotopic (exact) mass is 331 g/mol. The Labute approximate surface area is 133 Å². The fourth-order valence-corrected chi connectivity index (χ4v) is 1.92. The molecule has 0 fully saturated rings. The van der Waals surface area contributed by atoms with Gasteiger partial charge in [-0.05, 0) is 23.3 Å². The number of ether oxygens (including phenoxy) is 1. The molecule has 0 bridgehead atoms. The molecule has 0 radical (unpaired) electrons. The number of nitrogens with two attached hydrogens (primary N) is 1. The molecule has 120 valence electrons. The Hall–Kier alpha value is -1.72. The van der Waals surface area contributed by atoms with Crippen molar-refractivity contribution in [2.75, 3.05) is 0 Å². The molecule has 0 amide bonds. The molecule has 0 aliphatic rings. The van der Waals surface area contributed by atoms with Gasteiger partial charge in [-0.1, -0.05) is 42.5 Å². The average molecular weight is 332 g/mol. The van der Waals surface area contributed by atoms with Gasteiger partial charge < -0.3 is 10.5 Å². The largest absolute Gasteiger partial charge is 0.489 e. The number of hydrogen-bond acceptors (Lipinski definition) is 2. The zero-order chi connectivity index (χ0) is 15.3. The SMILES string of the molecule is Cl.N[C@H](CC(F)(F)F)c1ccc(OCc2ccccc2)cc1. The highest BCUT2D eigenvalue weighted by atomic mass is 35.5. The first kappa shape index (κ1) is 18.3. The third kappa shape index (κ3) is 5.95. The molecular formula is C16H17ClF3NO. The lowest BCUT2D eigenvalue weighted by Crippen LogP contribution is -2.20.